The van der Waals surface area contributed by atoms with E-state index in [2.05, 4.69) is 39.6 Å². The van der Waals surface area contributed by atoms with Crippen molar-refractivity contribution in [2.75, 3.05) is 13.1 Å². The lowest BCUT2D eigenvalue weighted by atomic mass is 10.1. The number of fused-ring (bicyclic) bond motifs is 3. The predicted octanol–water partition coefficient (Wildman–Crippen LogP) is 3.19. The van der Waals surface area contributed by atoms with Gasteiger partial charge in [0.1, 0.15) is 0 Å². The highest BCUT2D eigenvalue weighted by Crippen LogP contribution is 2.26. The summed E-state index contributed by atoms with van der Waals surface area (Å²) < 4.78 is 1.62. The maximum absolute atomic E-state index is 12.7. The fraction of sp³-hybridized carbons (Fsp3) is 0.250. The molecular formula is C24H24N4O. The van der Waals surface area contributed by atoms with Crippen LogP contribution in [0.1, 0.15) is 22.5 Å². The molecule has 0 bridgehead atoms. The van der Waals surface area contributed by atoms with Crippen molar-refractivity contribution in [2.45, 2.75) is 25.7 Å². The molecule has 0 amide bonds. The normalized spacial score (nSPS) is 13.9. The van der Waals surface area contributed by atoms with Gasteiger partial charge in [0.05, 0.1) is 5.69 Å². The summed E-state index contributed by atoms with van der Waals surface area (Å²) in [5.74, 6) is 0. The molecule has 5 nitrogen and oxygen atoms in total. The van der Waals surface area contributed by atoms with Gasteiger partial charge in [-0.25, -0.2) is 4.79 Å². The molecule has 0 saturated heterocycles. The third-order valence-electron chi connectivity index (χ3n) is 5.73. The van der Waals surface area contributed by atoms with Gasteiger partial charge in [0.2, 0.25) is 0 Å². The zero-order chi connectivity index (χ0) is 19.6. The average molecular weight is 384 g/mol. The summed E-state index contributed by atoms with van der Waals surface area (Å²) in [6.07, 6.45) is 5.53. The van der Waals surface area contributed by atoms with Crippen LogP contribution >= 0.6 is 0 Å². The van der Waals surface area contributed by atoms with Gasteiger partial charge in [-0.05, 0) is 55.1 Å². The van der Waals surface area contributed by atoms with Crippen molar-refractivity contribution in [3.63, 3.8) is 0 Å². The van der Waals surface area contributed by atoms with E-state index in [0.717, 1.165) is 55.7 Å². The SMILES string of the molecule is O=c1nc(CCc2ccccc2)ccn1-c1ccc2c3c([nH]c2c1)CCNCC3. The molecule has 4 aromatic rings. The lowest BCUT2D eigenvalue weighted by Crippen LogP contribution is -2.22. The second kappa shape index (κ2) is 7.68. The molecule has 0 aliphatic carbocycles. The molecule has 2 N–H and O–H groups in total. The molecule has 1 aliphatic heterocycles. The minimum absolute atomic E-state index is 0.229. The van der Waals surface area contributed by atoms with Gasteiger partial charge >= 0.3 is 5.69 Å². The van der Waals surface area contributed by atoms with Crippen molar-refractivity contribution >= 4 is 10.9 Å². The number of nitrogens with one attached hydrogen (secondary N) is 2. The molecule has 0 atom stereocenters. The molecule has 146 valence electrons. The molecule has 5 heteroatoms. The lowest BCUT2D eigenvalue weighted by Gasteiger charge is -2.07. The van der Waals surface area contributed by atoms with E-state index in [4.69, 9.17) is 0 Å². The molecule has 2 aromatic heterocycles. The van der Waals surface area contributed by atoms with Crippen molar-refractivity contribution in [3.8, 4) is 5.69 Å². The van der Waals surface area contributed by atoms with E-state index < -0.39 is 0 Å². The van der Waals surface area contributed by atoms with Crippen LogP contribution < -0.4 is 11.0 Å². The maximum atomic E-state index is 12.7. The molecule has 2 aromatic carbocycles. The molecule has 29 heavy (non-hydrogen) atoms. The first-order valence-electron chi connectivity index (χ1n) is 10.2. The highest BCUT2D eigenvalue weighted by molar-refractivity contribution is 5.86. The van der Waals surface area contributed by atoms with Crippen LogP contribution in [0, 0.1) is 0 Å². The van der Waals surface area contributed by atoms with Gasteiger partial charge in [0.15, 0.2) is 0 Å². The van der Waals surface area contributed by atoms with Gasteiger partial charge in [0.25, 0.3) is 0 Å². The monoisotopic (exact) mass is 384 g/mol. The van der Waals surface area contributed by atoms with Crippen molar-refractivity contribution in [1.82, 2.24) is 19.9 Å². The molecular weight excluding hydrogens is 360 g/mol. The Labute approximate surface area is 169 Å². The Morgan fingerprint density at radius 3 is 2.69 bits per heavy atom. The summed E-state index contributed by atoms with van der Waals surface area (Å²) in [5.41, 5.74) is 6.50. The first-order valence-corrected chi connectivity index (χ1v) is 10.2. The van der Waals surface area contributed by atoms with Gasteiger partial charge in [-0.15, -0.1) is 0 Å². The minimum atomic E-state index is -0.229. The predicted molar refractivity (Wildman–Crippen MR) is 116 cm³/mol. The second-order valence-electron chi connectivity index (χ2n) is 7.62. The topological polar surface area (TPSA) is 62.7 Å². The van der Waals surface area contributed by atoms with Crippen LogP contribution in [0.2, 0.25) is 0 Å². The maximum Gasteiger partial charge on any atom is 0.352 e. The molecule has 0 saturated carbocycles. The first kappa shape index (κ1) is 17.9. The van der Waals surface area contributed by atoms with Crippen LogP contribution in [0.15, 0.2) is 65.6 Å². The summed E-state index contributed by atoms with van der Waals surface area (Å²) in [6.45, 7) is 2.01. The Hall–Kier alpha value is -3.18. The van der Waals surface area contributed by atoms with E-state index in [1.54, 1.807) is 4.57 Å². The standard InChI is InChI=1S/C24H24N4O/c29-24-26-18(7-6-17-4-2-1-3-5-17)12-15-28(24)19-8-9-20-21-10-13-25-14-11-22(21)27-23(20)16-19/h1-5,8-9,12,15-16,25,27H,6-7,10-11,13-14H2. The minimum Gasteiger partial charge on any atom is -0.358 e. The van der Waals surface area contributed by atoms with Crippen LogP contribution in [0.4, 0.5) is 0 Å². The Balaban J connectivity index is 1.41. The van der Waals surface area contributed by atoms with E-state index >= 15 is 0 Å². The highest BCUT2D eigenvalue weighted by atomic mass is 16.1. The Kier molecular flexibility index (Phi) is 4.74. The van der Waals surface area contributed by atoms with E-state index in [1.165, 1.54) is 22.2 Å². The number of aromatic nitrogens is 3. The van der Waals surface area contributed by atoms with Crippen LogP contribution in [0.25, 0.3) is 16.6 Å². The van der Waals surface area contributed by atoms with Gasteiger partial charge in [0, 0.05) is 41.5 Å². The fourth-order valence-electron chi connectivity index (χ4n) is 4.19. The van der Waals surface area contributed by atoms with Crippen molar-refractivity contribution in [3.05, 3.63) is 93.8 Å². The van der Waals surface area contributed by atoms with E-state index in [-0.39, 0.29) is 5.69 Å². The van der Waals surface area contributed by atoms with Crippen LogP contribution in [-0.2, 0) is 25.7 Å². The van der Waals surface area contributed by atoms with E-state index in [9.17, 15) is 4.79 Å². The zero-order valence-corrected chi connectivity index (χ0v) is 16.3. The Morgan fingerprint density at radius 1 is 0.966 bits per heavy atom. The number of rotatable bonds is 4. The van der Waals surface area contributed by atoms with Gasteiger partial charge in [-0.1, -0.05) is 36.4 Å². The Morgan fingerprint density at radius 2 is 1.83 bits per heavy atom. The number of hydrogen-bond acceptors (Lipinski definition) is 3. The summed E-state index contributed by atoms with van der Waals surface area (Å²) in [5, 5.41) is 4.70. The van der Waals surface area contributed by atoms with Crippen LogP contribution in [-0.4, -0.2) is 27.6 Å². The average Bonchev–Trinajstić information content (AvgIpc) is 2.92. The smallest absolute Gasteiger partial charge is 0.352 e. The number of benzene rings is 2. The number of aromatic amines is 1. The third-order valence-corrected chi connectivity index (χ3v) is 5.73. The molecule has 3 heterocycles. The largest absolute Gasteiger partial charge is 0.358 e. The number of aryl methyl sites for hydroxylation is 2. The number of H-pyrrole nitrogens is 1. The second-order valence-corrected chi connectivity index (χ2v) is 7.62. The molecule has 5 rings (SSSR count). The van der Waals surface area contributed by atoms with Gasteiger partial charge in [-0.3, -0.25) is 4.57 Å². The fourth-order valence-corrected chi connectivity index (χ4v) is 4.19. The molecule has 0 fully saturated rings. The Bertz CT molecular complexity index is 1210. The van der Waals surface area contributed by atoms with Crippen LogP contribution in [0.5, 0.6) is 0 Å². The van der Waals surface area contributed by atoms with Gasteiger partial charge < -0.3 is 10.3 Å². The summed E-state index contributed by atoms with van der Waals surface area (Å²) in [7, 11) is 0. The van der Waals surface area contributed by atoms with Crippen molar-refractivity contribution in [1.29, 1.82) is 0 Å². The lowest BCUT2D eigenvalue weighted by molar-refractivity contribution is 0.708. The van der Waals surface area contributed by atoms with E-state index in [1.807, 2.05) is 36.5 Å². The van der Waals surface area contributed by atoms with Crippen molar-refractivity contribution in [2.24, 2.45) is 0 Å². The molecule has 0 radical (unpaired) electrons. The number of hydrogen-bond donors (Lipinski definition) is 2. The molecule has 1 aliphatic rings. The molecule has 0 spiro atoms. The summed E-state index contributed by atoms with van der Waals surface area (Å²) in [6, 6.07) is 18.4. The van der Waals surface area contributed by atoms with Gasteiger partial charge in [-0.2, -0.15) is 4.98 Å². The quantitative estimate of drug-likeness (QED) is 0.568. The van der Waals surface area contributed by atoms with Crippen LogP contribution in [0.3, 0.4) is 0 Å². The summed E-state index contributed by atoms with van der Waals surface area (Å²) in [4.78, 5) is 20.5. The summed E-state index contributed by atoms with van der Waals surface area (Å²) >= 11 is 0. The van der Waals surface area contributed by atoms with Crippen molar-refractivity contribution < 1.29 is 0 Å². The zero-order valence-electron chi connectivity index (χ0n) is 16.3. The highest BCUT2D eigenvalue weighted by Gasteiger charge is 2.14. The van der Waals surface area contributed by atoms with E-state index in [0.29, 0.717) is 0 Å². The number of nitrogens with zero attached hydrogens (tertiary/aromatic N) is 2. The first-order chi connectivity index (χ1) is 14.3. The molecule has 0 unspecified atom stereocenters. The third kappa shape index (κ3) is 3.61.